The normalized spacial score (nSPS) is 14.0. The molecule has 0 radical (unpaired) electrons. The minimum absolute atomic E-state index is 0. The smallest absolute Gasteiger partial charge is 0.335 e. The number of hydrogen-bond donors (Lipinski definition) is 2. The largest absolute Gasteiger partial charge is 0.497 e. The van der Waals surface area contributed by atoms with Gasteiger partial charge < -0.3 is 15.2 Å². The van der Waals surface area contributed by atoms with Gasteiger partial charge in [-0.2, -0.15) is 0 Å². The number of aromatic carboxylic acids is 1. The summed E-state index contributed by atoms with van der Waals surface area (Å²) < 4.78 is 5.22. The van der Waals surface area contributed by atoms with E-state index in [2.05, 4.69) is 5.32 Å². The van der Waals surface area contributed by atoms with Crippen molar-refractivity contribution in [2.75, 3.05) is 12.4 Å². The van der Waals surface area contributed by atoms with Crippen LogP contribution in [0.25, 0.3) is 11.1 Å². The average molecular weight is 420 g/mol. The van der Waals surface area contributed by atoms with E-state index in [0.29, 0.717) is 5.69 Å². The van der Waals surface area contributed by atoms with Gasteiger partial charge in [0.2, 0.25) is 5.91 Å². The van der Waals surface area contributed by atoms with Crippen LogP contribution in [0.3, 0.4) is 0 Å². The van der Waals surface area contributed by atoms with Crippen molar-refractivity contribution >= 4 is 17.6 Å². The second-order valence-electron chi connectivity index (χ2n) is 8.13. The van der Waals surface area contributed by atoms with E-state index in [1.165, 1.54) is 0 Å². The van der Waals surface area contributed by atoms with Crippen LogP contribution >= 0.6 is 0 Å². The summed E-state index contributed by atoms with van der Waals surface area (Å²) in [6, 6.07) is 18.5. The number of amides is 1. The first-order chi connectivity index (χ1) is 14.8. The Labute approximate surface area is 184 Å². The third-order valence-corrected chi connectivity index (χ3v) is 6.10. The highest BCUT2D eigenvalue weighted by Crippen LogP contribution is 2.49. The average Bonchev–Trinajstić information content (AvgIpc) is 3.58. The molecule has 0 spiro atoms. The fourth-order valence-corrected chi connectivity index (χ4v) is 3.97. The molecule has 1 aliphatic carbocycles. The van der Waals surface area contributed by atoms with Crippen LogP contribution in [-0.2, 0) is 10.2 Å². The topological polar surface area (TPSA) is 75.6 Å². The van der Waals surface area contributed by atoms with Crippen LogP contribution in [-0.4, -0.2) is 24.1 Å². The summed E-state index contributed by atoms with van der Waals surface area (Å²) in [6.45, 7) is 3.93. The molecule has 0 bridgehead atoms. The lowest BCUT2D eigenvalue weighted by Gasteiger charge is -2.18. The highest BCUT2D eigenvalue weighted by atomic mass is 16.5. The van der Waals surface area contributed by atoms with Gasteiger partial charge in [0.05, 0.1) is 18.1 Å². The summed E-state index contributed by atoms with van der Waals surface area (Å²) in [6.07, 6.45) is 1.62. The number of benzene rings is 3. The predicted octanol–water partition coefficient (Wildman–Crippen LogP) is 5.84. The van der Waals surface area contributed by atoms with Gasteiger partial charge in [0, 0.05) is 8.54 Å². The molecule has 0 aromatic heterocycles. The molecule has 0 atom stereocenters. The molecule has 1 amide bonds. The Morgan fingerprint density at radius 2 is 1.55 bits per heavy atom. The van der Waals surface area contributed by atoms with E-state index < -0.39 is 11.4 Å². The van der Waals surface area contributed by atoms with Crippen molar-refractivity contribution in [1.29, 1.82) is 0 Å². The number of aryl methyl sites for hydroxylation is 2. The molecule has 0 unspecified atom stereocenters. The Morgan fingerprint density at radius 3 is 2.13 bits per heavy atom. The van der Waals surface area contributed by atoms with Crippen LogP contribution in [0, 0.1) is 13.8 Å². The maximum absolute atomic E-state index is 13.2. The maximum Gasteiger partial charge on any atom is 0.335 e. The number of rotatable bonds is 6. The minimum atomic E-state index is -0.960. The van der Waals surface area contributed by atoms with Crippen molar-refractivity contribution in [3.8, 4) is 16.9 Å². The fraction of sp³-hybridized carbons (Fsp3) is 0.231. The van der Waals surface area contributed by atoms with Crippen LogP contribution in [0.2, 0.25) is 0 Å². The zero-order valence-electron chi connectivity index (χ0n) is 17.9. The highest BCUT2D eigenvalue weighted by Gasteiger charge is 2.51. The molecule has 0 saturated heterocycles. The number of carbonyl (C=O) groups is 2. The number of ether oxygens (including phenoxy) is 1. The van der Waals surface area contributed by atoms with Gasteiger partial charge in [0.15, 0.2) is 0 Å². The molecule has 5 nitrogen and oxygen atoms in total. The summed E-state index contributed by atoms with van der Waals surface area (Å²) in [4.78, 5) is 24.6. The van der Waals surface area contributed by atoms with Crippen LogP contribution in [0.15, 0.2) is 60.7 Å². The Morgan fingerprint density at radius 1 is 0.935 bits per heavy atom. The summed E-state index contributed by atoms with van der Waals surface area (Å²) >= 11 is 0. The van der Waals surface area contributed by atoms with Gasteiger partial charge in [-0.25, -0.2) is 4.79 Å². The molecule has 1 fully saturated rings. The zero-order chi connectivity index (χ0) is 22.2. The number of anilines is 1. The standard InChI is InChI=1S/C26H25NO4.2H2/c1-16-4-6-18(24(28)29)14-22(16)23-15-20(9-5-17(23)2)27-25(30)26(12-13-26)19-7-10-21(31-3)11-8-19;;/h4-11,14-15H,12-13H2,1-3H3,(H,27,30)(H,28,29);2*1H. The van der Waals surface area contributed by atoms with Crippen molar-refractivity contribution in [3.05, 3.63) is 82.9 Å². The Bertz CT molecular complexity index is 1170. The molecule has 162 valence electrons. The van der Waals surface area contributed by atoms with Crippen LogP contribution in [0.5, 0.6) is 5.75 Å². The van der Waals surface area contributed by atoms with Crippen LogP contribution < -0.4 is 10.1 Å². The van der Waals surface area contributed by atoms with Gasteiger partial charge in [-0.1, -0.05) is 24.3 Å². The molecule has 1 saturated carbocycles. The molecule has 31 heavy (non-hydrogen) atoms. The second-order valence-corrected chi connectivity index (χ2v) is 8.13. The number of carboxylic acid groups (broad SMARTS) is 1. The monoisotopic (exact) mass is 419 g/mol. The second kappa shape index (κ2) is 7.91. The molecule has 2 N–H and O–H groups in total. The van der Waals surface area contributed by atoms with Crippen molar-refractivity contribution < 1.29 is 22.3 Å². The molecular weight excluding hydrogens is 390 g/mol. The summed E-state index contributed by atoms with van der Waals surface area (Å²) in [5.41, 5.74) is 5.18. The molecule has 1 aliphatic rings. The third kappa shape index (κ3) is 3.91. The summed E-state index contributed by atoms with van der Waals surface area (Å²) in [5.74, 6) is -0.218. The Balaban J connectivity index is 0.00000193. The maximum atomic E-state index is 13.2. The van der Waals surface area contributed by atoms with E-state index in [0.717, 1.165) is 46.4 Å². The first-order valence-electron chi connectivity index (χ1n) is 10.2. The Hall–Kier alpha value is -3.60. The van der Waals surface area contributed by atoms with Gasteiger partial charge in [0.25, 0.3) is 0 Å². The SMILES string of the molecule is COc1ccc(C2(C(=O)Nc3ccc(C)c(-c4cc(C(=O)O)ccc4C)c3)CC2)cc1.[HH].[HH]. The molecule has 3 aromatic carbocycles. The molecule has 0 aliphatic heterocycles. The Kier molecular flexibility index (Phi) is 5.27. The van der Waals surface area contributed by atoms with E-state index >= 15 is 0 Å². The highest BCUT2D eigenvalue weighted by molar-refractivity contribution is 6.02. The lowest BCUT2D eigenvalue weighted by atomic mass is 9.93. The van der Waals surface area contributed by atoms with Gasteiger partial charge in [-0.15, -0.1) is 0 Å². The van der Waals surface area contributed by atoms with E-state index in [1.807, 2.05) is 62.4 Å². The minimum Gasteiger partial charge on any atom is -0.497 e. The number of carbonyl (C=O) groups excluding carboxylic acids is 1. The van der Waals surface area contributed by atoms with Crippen molar-refractivity contribution in [2.24, 2.45) is 0 Å². The molecule has 5 heteroatoms. The number of carboxylic acids is 1. The third-order valence-electron chi connectivity index (χ3n) is 6.10. The fourth-order valence-electron chi connectivity index (χ4n) is 3.97. The van der Waals surface area contributed by atoms with Gasteiger partial charge in [-0.3, -0.25) is 4.79 Å². The lowest BCUT2D eigenvalue weighted by Crippen LogP contribution is -2.27. The van der Waals surface area contributed by atoms with E-state index in [-0.39, 0.29) is 14.3 Å². The lowest BCUT2D eigenvalue weighted by molar-refractivity contribution is -0.118. The quantitative estimate of drug-likeness (QED) is 0.526. The summed E-state index contributed by atoms with van der Waals surface area (Å²) in [7, 11) is 1.62. The molecular formula is C26H29NO4. The first-order valence-corrected chi connectivity index (χ1v) is 10.2. The van der Waals surface area contributed by atoms with Crippen molar-refractivity contribution in [3.63, 3.8) is 0 Å². The molecule has 3 aromatic rings. The van der Waals surface area contributed by atoms with Crippen molar-refractivity contribution in [2.45, 2.75) is 32.1 Å². The predicted molar refractivity (Wildman–Crippen MR) is 125 cm³/mol. The van der Waals surface area contributed by atoms with E-state index in [4.69, 9.17) is 4.74 Å². The van der Waals surface area contributed by atoms with Crippen molar-refractivity contribution in [1.82, 2.24) is 0 Å². The van der Waals surface area contributed by atoms with Crippen LogP contribution in [0.1, 0.15) is 42.7 Å². The number of hydrogen-bond acceptors (Lipinski definition) is 3. The number of methoxy groups -OCH3 is 1. The first kappa shape index (κ1) is 20.7. The zero-order valence-corrected chi connectivity index (χ0v) is 17.9. The van der Waals surface area contributed by atoms with Gasteiger partial charge in [-0.05, 0) is 90.9 Å². The van der Waals surface area contributed by atoms with Gasteiger partial charge in [0.1, 0.15) is 5.75 Å². The summed E-state index contributed by atoms with van der Waals surface area (Å²) in [5, 5.41) is 12.4. The number of nitrogens with one attached hydrogen (secondary N) is 1. The van der Waals surface area contributed by atoms with Crippen LogP contribution in [0.4, 0.5) is 5.69 Å². The van der Waals surface area contributed by atoms with Gasteiger partial charge >= 0.3 is 5.97 Å². The molecule has 0 heterocycles. The van der Waals surface area contributed by atoms with E-state index in [9.17, 15) is 14.7 Å². The van der Waals surface area contributed by atoms with E-state index in [1.54, 1.807) is 19.2 Å². The molecule has 4 rings (SSSR count).